The molecule has 0 saturated heterocycles. The molecule has 1 N–H and O–H groups in total. The van der Waals surface area contributed by atoms with E-state index < -0.39 is 11.7 Å². The van der Waals surface area contributed by atoms with Crippen LogP contribution in [-0.2, 0) is 4.74 Å². The van der Waals surface area contributed by atoms with Crippen molar-refractivity contribution in [2.24, 2.45) is 4.99 Å². The normalized spacial score (nSPS) is 13.4. The molecule has 1 aliphatic rings. The number of nitrogens with one attached hydrogen (secondary N) is 1. The van der Waals surface area contributed by atoms with Gasteiger partial charge in [0.25, 0.3) is 0 Å². The van der Waals surface area contributed by atoms with E-state index in [9.17, 15) is 4.79 Å². The second-order valence-electron chi connectivity index (χ2n) is 4.98. The number of hydrogen-bond acceptors (Lipinski definition) is 3. The van der Waals surface area contributed by atoms with Gasteiger partial charge in [-0.05, 0) is 32.9 Å². The molecule has 95 valence electrons. The predicted octanol–water partition coefficient (Wildman–Crippen LogP) is 2.49. The van der Waals surface area contributed by atoms with Crippen molar-refractivity contribution in [3.63, 3.8) is 0 Å². The highest BCUT2D eigenvalue weighted by Crippen LogP contribution is 2.29. The fourth-order valence-corrected chi connectivity index (χ4v) is 1.50. The van der Waals surface area contributed by atoms with Crippen LogP contribution in [0.5, 0.6) is 0 Å². The lowest BCUT2D eigenvalue weighted by Gasteiger charge is -2.19. The highest BCUT2D eigenvalue weighted by atomic mass is 16.6. The Morgan fingerprint density at radius 3 is 2.56 bits per heavy atom. The van der Waals surface area contributed by atoms with E-state index in [0.717, 1.165) is 11.4 Å². The van der Waals surface area contributed by atoms with E-state index in [1.165, 1.54) is 0 Å². The largest absolute Gasteiger partial charge is 0.444 e. The molecule has 0 aliphatic carbocycles. The van der Waals surface area contributed by atoms with Crippen LogP contribution in [0.25, 0.3) is 0 Å². The summed E-state index contributed by atoms with van der Waals surface area (Å²) >= 11 is 0. The number of hydrogen-bond donors (Lipinski definition) is 1. The number of para-hydroxylation sites is 2. The topological polar surface area (TPSA) is 64.8 Å². The number of aliphatic imine (C=N–C) groups is 1. The summed E-state index contributed by atoms with van der Waals surface area (Å²) in [5, 5.41) is 6.93. The van der Waals surface area contributed by atoms with Crippen molar-refractivity contribution < 1.29 is 9.53 Å². The molecule has 1 aromatic carbocycles. The lowest BCUT2D eigenvalue weighted by Crippen LogP contribution is -2.36. The van der Waals surface area contributed by atoms with Crippen molar-refractivity contribution in [3.8, 4) is 0 Å². The van der Waals surface area contributed by atoms with E-state index >= 15 is 0 Å². The molecule has 0 saturated carbocycles. The van der Waals surface area contributed by atoms with E-state index in [4.69, 9.17) is 4.74 Å². The van der Waals surface area contributed by atoms with Crippen LogP contribution < -0.4 is 10.6 Å². The number of rotatable bonds is 2. The van der Waals surface area contributed by atoms with Gasteiger partial charge in [-0.15, -0.1) is 0 Å². The maximum Gasteiger partial charge on any atom is 0.408 e. The van der Waals surface area contributed by atoms with Gasteiger partial charge in [-0.3, -0.25) is 0 Å². The minimum atomic E-state index is -0.498. The zero-order chi connectivity index (χ0) is 13.2. The molecule has 5 heteroatoms. The Labute approximate surface area is 106 Å². The molecule has 1 heterocycles. The lowest BCUT2D eigenvalue weighted by atomic mass is 10.2. The SMILES string of the molecule is CC(C)(C)OC(=O)NCC1=Nc2ccccc2[N]1. The third-order valence-electron chi connectivity index (χ3n) is 2.17. The highest BCUT2D eigenvalue weighted by Gasteiger charge is 2.18. The molecule has 0 atom stereocenters. The van der Waals surface area contributed by atoms with Crippen LogP contribution in [0.3, 0.4) is 0 Å². The van der Waals surface area contributed by atoms with Crippen LogP contribution in [0, 0.1) is 0 Å². The summed E-state index contributed by atoms with van der Waals surface area (Å²) in [5.41, 5.74) is 1.17. The minimum Gasteiger partial charge on any atom is -0.444 e. The molecule has 1 radical (unpaired) electrons. The Hall–Kier alpha value is -2.04. The first-order chi connectivity index (χ1) is 8.44. The van der Waals surface area contributed by atoms with Crippen LogP contribution in [0.1, 0.15) is 20.8 Å². The van der Waals surface area contributed by atoms with Gasteiger partial charge in [-0.2, -0.15) is 0 Å². The number of fused-ring (bicyclic) bond motifs is 1. The third kappa shape index (κ3) is 3.23. The maximum absolute atomic E-state index is 11.5. The van der Waals surface area contributed by atoms with Gasteiger partial charge in [0, 0.05) is 0 Å². The summed E-state index contributed by atoms with van der Waals surface area (Å²) in [4.78, 5) is 15.8. The molecule has 0 bridgehead atoms. The Kier molecular flexibility index (Phi) is 3.23. The molecule has 18 heavy (non-hydrogen) atoms. The fraction of sp³-hybridized carbons (Fsp3) is 0.385. The van der Waals surface area contributed by atoms with E-state index in [1.54, 1.807) is 0 Å². The molecule has 1 aromatic rings. The second-order valence-corrected chi connectivity index (χ2v) is 4.98. The zero-order valence-electron chi connectivity index (χ0n) is 10.7. The van der Waals surface area contributed by atoms with Gasteiger partial charge in [-0.25, -0.2) is 15.1 Å². The molecule has 0 spiro atoms. The number of amides is 1. The van der Waals surface area contributed by atoms with Crippen LogP contribution >= 0.6 is 0 Å². The van der Waals surface area contributed by atoms with Gasteiger partial charge in [0.2, 0.25) is 0 Å². The minimum absolute atomic E-state index is 0.267. The second kappa shape index (κ2) is 4.68. The smallest absolute Gasteiger partial charge is 0.408 e. The predicted molar refractivity (Wildman–Crippen MR) is 69.6 cm³/mol. The number of carbonyl (C=O) groups is 1. The van der Waals surface area contributed by atoms with Crippen molar-refractivity contribution >= 4 is 23.3 Å². The molecule has 0 aromatic heterocycles. The van der Waals surface area contributed by atoms with E-state index in [2.05, 4.69) is 15.6 Å². The van der Waals surface area contributed by atoms with Crippen molar-refractivity contribution in [1.29, 1.82) is 0 Å². The van der Waals surface area contributed by atoms with Gasteiger partial charge >= 0.3 is 6.09 Å². The first kappa shape index (κ1) is 12.4. The summed E-state index contributed by atoms with van der Waals surface area (Å²) in [6, 6.07) is 7.59. The summed E-state index contributed by atoms with van der Waals surface area (Å²) in [6.07, 6.45) is -0.462. The molecule has 0 unspecified atom stereocenters. The summed E-state index contributed by atoms with van der Waals surface area (Å²) in [6.45, 7) is 5.73. The first-order valence-corrected chi connectivity index (χ1v) is 5.79. The number of carbonyl (C=O) groups excluding carboxylic acids is 1. The van der Waals surface area contributed by atoms with E-state index in [1.807, 2.05) is 45.0 Å². The fourth-order valence-electron chi connectivity index (χ4n) is 1.50. The number of ether oxygens (including phenoxy) is 1. The average molecular weight is 246 g/mol. The van der Waals surface area contributed by atoms with E-state index in [-0.39, 0.29) is 6.54 Å². The van der Waals surface area contributed by atoms with Crippen molar-refractivity contribution in [1.82, 2.24) is 10.6 Å². The van der Waals surface area contributed by atoms with Crippen molar-refractivity contribution in [2.75, 3.05) is 6.54 Å². The van der Waals surface area contributed by atoms with Gasteiger partial charge in [0.05, 0.1) is 17.9 Å². The molecule has 0 fully saturated rings. The molecular weight excluding hydrogens is 230 g/mol. The Bertz CT molecular complexity index is 489. The zero-order valence-corrected chi connectivity index (χ0v) is 10.7. The molecule has 5 nitrogen and oxygen atoms in total. The molecule has 1 amide bonds. The van der Waals surface area contributed by atoms with Gasteiger partial charge in [0.15, 0.2) is 0 Å². The summed E-state index contributed by atoms with van der Waals surface area (Å²) < 4.78 is 5.13. The summed E-state index contributed by atoms with van der Waals surface area (Å²) in [5.74, 6) is 0.585. The van der Waals surface area contributed by atoms with Gasteiger partial charge < -0.3 is 10.1 Å². The van der Waals surface area contributed by atoms with Crippen LogP contribution in [0.4, 0.5) is 16.2 Å². The lowest BCUT2D eigenvalue weighted by molar-refractivity contribution is 0.0535. The molecule has 1 aliphatic heterocycles. The van der Waals surface area contributed by atoms with Crippen molar-refractivity contribution in [2.45, 2.75) is 26.4 Å². The number of alkyl carbamates (subject to hydrolysis) is 1. The first-order valence-electron chi connectivity index (χ1n) is 5.79. The average Bonchev–Trinajstić information content (AvgIpc) is 2.66. The van der Waals surface area contributed by atoms with Crippen molar-refractivity contribution in [3.05, 3.63) is 24.3 Å². The quantitative estimate of drug-likeness (QED) is 0.871. The Morgan fingerprint density at radius 2 is 1.94 bits per heavy atom. The standard InChI is InChI=1S/C13H16N3O2/c1-13(2,3)18-12(17)14-8-11-15-9-6-4-5-7-10(9)16-11/h4-7H,8H2,1-3H3,(H,14,17). The van der Waals surface area contributed by atoms with Crippen LogP contribution in [0.2, 0.25) is 0 Å². The van der Waals surface area contributed by atoms with Crippen LogP contribution in [0.15, 0.2) is 29.3 Å². The van der Waals surface area contributed by atoms with E-state index in [0.29, 0.717) is 5.84 Å². The molecule has 2 rings (SSSR count). The number of amidine groups is 1. The monoisotopic (exact) mass is 246 g/mol. The van der Waals surface area contributed by atoms with Crippen LogP contribution in [-0.4, -0.2) is 24.1 Å². The Morgan fingerprint density at radius 1 is 1.28 bits per heavy atom. The van der Waals surface area contributed by atoms with Gasteiger partial charge in [-0.1, -0.05) is 12.1 Å². The highest BCUT2D eigenvalue weighted by molar-refractivity contribution is 5.98. The Balaban J connectivity index is 1.85. The number of nitrogens with zero attached hydrogens (tertiary/aromatic N) is 2. The molecular formula is C13H16N3O2. The summed E-state index contributed by atoms with van der Waals surface area (Å²) in [7, 11) is 0. The maximum atomic E-state index is 11.5. The van der Waals surface area contributed by atoms with Gasteiger partial charge in [0.1, 0.15) is 11.4 Å². The third-order valence-corrected chi connectivity index (χ3v) is 2.17. The number of benzene rings is 1.